The van der Waals surface area contributed by atoms with Crippen molar-refractivity contribution in [3.05, 3.63) is 30.0 Å². The van der Waals surface area contributed by atoms with Gasteiger partial charge in [0.05, 0.1) is 11.6 Å². The SMILES string of the molecule is CC(C)(C)OC(=O)N[C@H](CF)[C@H]1CC[C@H](C(=O)N2CC[C@@H](C3CCCCC3)[C@H]2C(=O)Nc2ccc3c(c2)cc2n3C(CF)(CF)OC2=O)CC1. The second kappa shape index (κ2) is 14.5. The summed E-state index contributed by atoms with van der Waals surface area (Å²) in [7, 11) is 0. The van der Waals surface area contributed by atoms with Crippen molar-refractivity contribution in [1.82, 2.24) is 14.8 Å². The van der Waals surface area contributed by atoms with Crippen molar-refractivity contribution in [2.45, 2.75) is 108 Å². The zero-order valence-electron chi connectivity index (χ0n) is 29.2. The molecule has 3 atom stereocenters. The van der Waals surface area contributed by atoms with E-state index in [0.29, 0.717) is 54.7 Å². The lowest BCUT2D eigenvalue weighted by Gasteiger charge is -2.37. The first-order valence-electron chi connectivity index (χ1n) is 18.1. The quantitative estimate of drug-likeness (QED) is 0.277. The molecule has 2 N–H and O–H groups in total. The Morgan fingerprint density at radius 2 is 1.68 bits per heavy atom. The number of nitrogens with zero attached hydrogens (tertiary/aromatic N) is 2. The van der Waals surface area contributed by atoms with E-state index in [1.165, 1.54) is 10.6 Å². The number of fused-ring (bicyclic) bond motifs is 3. The van der Waals surface area contributed by atoms with Crippen LogP contribution in [0.4, 0.5) is 23.7 Å². The van der Waals surface area contributed by atoms with Gasteiger partial charge in [0.1, 0.15) is 24.0 Å². The Hall–Kier alpha value is -3.77. The number of likely N-dealkylation sites (tertiary alicyclic amines) is 1. The molecule has 274 valence electrons. The van der Waals surface area contributed by atoms with Gasteiger partial charge in [-0.3, -0.25) is 14.2 Å². The zero-order valence-corrected chi connectivity index (χ0v) is 29.2. The molecule has 2 saturated carbocycles. The molecule has 2 aromatic rings. The molecule has 3 amide bonds. The summed E-state index contributed by atoms with van der Waals surface area (Å²) in [5.41, 5.74) is -1.85. The van der Waals surface area contributed by atoms with Crippen LogP contribution in [0.1, 0.15) is 95.5 Å². The summed E-state index contributed by atoms with van der Waals surface area (Å²) in [6.07, 6.45) is 7.66. The van der Waals surface area contributed by atoms with Gasteiger partial charge in [0.15, 0.2) is 13.3 Å². The molecular formula is C37H49F3N4O6. The molecule has 0 bridgehead atoms. The van der Waals surface area contributed by atoms with E-state index in [1.807, 2.05) is 0 Å². The molecule has 1 aromatic carbocycles. The van der Waals surface area contributed by atoms with Crippen molar-refractivity contribution in [2.75, 3.05) is 31.9 Å². The second-order valence-corrected chi connectivity index (χ2v) is 15.6. The minimum Gasteiger partial charge on any atom is -0.444 e. The van der Waals surface area contributed by atoms with Gasteiger partial charge in [-0.05, 0) is 94.9 Å². The molecule has 0 spiro atoms. The number of benzene rings is 1. The minimum atomic E-state index is -2.04. The lowest BCUT2D eigenvalue weighted by Crippen LogP contribution is -2.50. The highest BCUT2D eigenvalue weighted by Gasteiger charge is 2.49. The Bertz CT molecular complexity index is 1590. The van der Waals surface area contributed by atoms with E-state index in [1.54, 1.807) is 43.9 Å². The van der Waals surface area contributed by atoms with Gasteiger partial charge in [-0.2, -0.15) is 0 Å². The second-order valence-electron chi connectivity index (χ2n) is 15.6. The van der Waals surface area contributed by atoms with Crippen LogP contribution in [-0.4, -0.2) is 77.6 Å². The van der Waals surface area contributed by atoms with Crippen molar-refractivity contribution in [3.8, 4) is 0 Å². The monoisotopic (exact) mass is 702 g/mol. The Morgan fingerprint density at radius 3 is 2.32 bits per heavy atom. The predicted molar refractivity (Wildman–Crippen MR) is 181 cm³/mol. The first kappa shape index (κ1) is 36.0. The van der Waals surface area contributed by atoms with Crippen molar-refractivity contribution in [2.24, 2.45) is 23.7 Å². The fourth-order valence-corrected chi connectivity index (χ4v) is 8.78. The Morgan fingerprint density at radius 1 is 0.980 bits per heavy atom. The summed E-state index contributed by atoms with van der Waals surface area (Å²) in [5.74, 6) is -1.26. The number of carbonyl (C=O) groups is 4. The summed E-state index contributed by atoms with van der Waals surface area (Å²) in [6, 6.07) is 5.04. The van der Waals surface area contributed by atoms with Crippen molar-refractivity contribution >= 4 is 40.5 Å². The summed E-state index contributed by atoms with van der Waals surface area (Å²) in [4.78, 5) is 54.9. The van der Waals surface area contributed by atoms with Gasteiger partial charge in [0.25, 0.3) is 0 Å². The van der Waals surface area contributed by atoms with E-state index in [2.05, 4.69) is 10.6 Å². The van der Waals surface area contributed by atoms with Crippen LogP contribution in [0.15, 0.2) is 24.3 Å². The molecule has 13 heteroatoms. The van der Waals surface area contributed by atoms with Crippen LogP contribution in [0.3, 0.4) is 0 Å². The first-order valence-corrected chi connectivity index (χ1v) is 18.1. The lowest BCUT2D eigenvalue weighted by molar-refractivity contribution is -0.142. The number of carbonyl (C=O) groups excluding carboxylic acids is 4. The van der Waals surface area contributed by atoms with Gasteiger partial charge in [0.2, 0.25) is 17.5 Å². The Labute approximate surface area is 290 Å². The fourth-order valence-electron chi connectivity index (χ4n) is 8.78. The topological polar surface area (TPSA) is 119 Å². The summed E-state index contributed by atoms with van der Waals surface area (Å²) in [5, 5.41) is 6.21. The molecule has 6 rings (SSSR count). The zero-order chi connectivity index (χ0) is 35.8. The molecule has 2 aliphatic carbocycles. The molecule has 0 unspecified atom stereocenters. The third-order valence-electron chi connectivity index (χ3n) is 11.2. The smallest absolute Gasteiger partial charge is 0.407 e. The number of alkyl carbamates (subject to hydrolysis) is 1. The molecule has 1 saturated heterocycles. The van der Waals surface area contributed by atoms with Crippen LogP contribution in [-0.2, 0) is 24.8 Å². The molecule has 2 aliphatic heterocycles. The minimum absolute atomic E-state index is 0.0102. The van der Waals surface area contributed by atoms with Crippen LogP contribution in [0.2, 0.25) is 0 Å². The summed E-state index contributed by atoms with van der Waals surface area (Å²) < 4.78 is 53.6. The number of hydrogen-bond donors (Lipinski definition) is 2. The number of amides is 3. The van der Waals surface area contributed by atoms with Crippen LogP contribution < -0.4 is 10.6 Å². The molecule has 1 aromatic heterocycles. The highest BCUT2D eigenvalue weighted by molar-refractivity contribution is 6.02. The number of nitrogens with one attached hydrogen (secondary N) is 2. The summed E-state index contributed by atoms with van der Waals surface area (Å²) in [6.45, 7) is 2.55. The predicted octanol–water partition coefficient (Wildman–Crippen LogP) is 6.81. The van der Waals surface area contributed by atoms with E-state index in [9.17, 15) is 32.3 Å². The van der Waals surface area contributed by atoms with E-state index in [4.69, 9.17) is 9.47 Å². The fraction of sp³-hybridized carbons (Fsp3) is 0.676. The highest BCUT2D eigenvalue weighted by Crippen LogP contribution is 2.42. The average molecular weight is 703 g/mol. The largest absolute Gasteiger partial charge is 0.444 e. The number of rotatable bonds is 9. The number of esters is 1. The van der Waals surface area contributed by atoms with Crippen LogP contribution in [0.25, 0.3) is 10.9 Å². The maximum atomic E-state index is 14.2. The van der Waals surface area contributed by atoms with E-state index in [-0.39, 0.29) is 35.3 Å². The first-order chi connectivity index (χ1) is 23.9. The number of cyclic esters (lactones) is 1. The van der Waals surface area contributed by atoms with Gasteiger partial charge in [0, 0.05) is 23.5 Å². The van der Waals surface area contributed by atoms with E-state index < -0.39 is 55.5 Å². The molecule has 10 nitrogen and oxygen atoms in total. The molecule has 50 heavy (non-hydrogen) atoms. The Kier molecular flexibility index (Phi) is 10.4. The number of alkyl halides is 3. The van der Waals surface area contributed by atoms with Crippen molar-refractivity contribution in [3.63, 3.8) is 0 Å². The average Bonchev–Trinajstić information content (AvgIpc) is 3.79. The molecule has 3 fully saturated rings. The van der Waals surface area contributed by atoms with Gasteiger partial charge in [-0.25, -0.2) is 22.8 Å². The summed E-state index contributed by atoms with van der Waals surface area (Å²) >= 11 is 0. The third-order valence-corrected chi connectivity index (χ3v) is 11.2. The van der Waals surface area contributed by atoms with E-state index in [0.717, 1.165) is 38.5 Å². The maximum absolute atomic E-state index is 14.2. The van der Waals surface area contributed by atoms with Crippen LogP contribution >= 0.6 is 0 Å². The number of aromatic nitrogens is 1. The van der Waals surface area contributed by atoms with Gasteiger partial charge in [-0.1, -0.05) is 32.1 Å². The molecule has 0 radical (unpaired) electrons. The molecule has 3 heterocycles. The van der Waals surface area contributed by atoms with Gasteiger partial charge >= 0.3 is 12.1 Å². The molecule has 4 aliphatic rings. The van der Waals surface area contributed by atoms with Crippen LogP contribution in [0.5, 0.6) is 0 Å². The van der Waals surface area contributed by atoms with Gasteiger partial charge in [-0.15, -0.1) is 0 Å². The van der Waals surface area contributed by atoms with Crippen molar-refractivity contribution in [1.29, 1.82) is 0 Å². The number of ether oxygens (including phenoxy) is 2. The Balaban J connectivity index is 1.17. The van der Waals surface area contributed by atoms with Gasteiger partial charge < -0.3 is 25.0 Å². The molecular weight excluding hydrogens is 653 g/mol. The third kappa shape index (κ3) is 7.06. The lowest BCUT2D eigenvalue weighted by atomic mass is 9.76. The maximum Gasteiger partial charge on any atom is 0.407 e. The number of anilines is 1. The normalized spacial score (nSPS) is 26.0. The number of halogens is 3. The van der Waals surface area contributed by atoms with E-state index >= 15 is 0 Å². The number of hydrogen-bond acceptors (Lipinski definition) is 6. The standard InChI is InChI=1S/C37H49F3N4O6/c1-36(2,3)50-35(48)42-28(19-38)23-9-11-24(12-10-23)33(46)43-16-15-27(22-7-5-4-6-8-22)31(43)32(45)41-26-13-14-29-25(17-26)18-30-34(47)49-37(20-39,21-40)44(29)30/h13-14,17-18,22-24,27-28,31H,4-12,15-16,19-21H2,1-3H3,(H,41,45)(H,42,48)/t23-,24-,27-,28+,31-/m0/s1. The highest BCUT2D eigenvalue weighted by atomic mass is 19.1. The van der Waals surface area contributed by atoms with Crippen LogP contribution in [0, 0.1) is 23.7 Å². The van der Waals surface area contributed by atoms with Crippen molar-refractivity contribution < 1.29 is 41.8 Å².